The quantitative estimate of drug-likeness (QED) is 0.860. The summed E-state index contributed by atoms with van der Waals surface area (Å²) in [5, 5.41) is 3.30. The van der Waals surface area contributed by atoms with Gasteiger partial charge < -0.3 is 5.32 Å². The first-order valence-electron chi connectivity index (χ1n) is 7.46. The summed E-state index contributed by atoms with van der Waals surface area (Å²) in [5.74, 6) is 1.76. The highest BCUT2D eigenvalue weighted by Gasteiger charge is 2.08. The number of benzene rings is 1. The molecule has 2 rings (SSSR count). The van der Waals surface area contributed by atoms with Crippen LogP contribution in [0.25, 0.3) is 11.4 Å². The number of halogens is 1. The molecule has 0 spiro atoms. The van der Waals surface area contributed by atoms with Crippen LogP contribution in [0.3, 0.4) is 0 Å². The number of hydrogen-bond donors (Lipinski definition) is 1. The number of hydrogen-bond acceptors (Lipinski definition) is 3. The van der Waals surface area contributed by atoms with E-state index in [-0.39, 0.29) is 5.82 Å². The highest BCUT2D eigenvalue weighted by atomic mass is 19.1. The Balaban J connectivity index is 2.36. The van der Waals surface area contributed by atoms with Gasteiger partial charge in [0, 0.05) is 23.9 Å². The molecule has 1 aromatic carbocycles. The van der Waals surface area contributed by atoms with Crippen LogP contribution in [0.1, 0.15) is 32.9 Å². The third-order valence-corrected chi connectivity index (χ3v) is 3.06. The van der Waals surface area contributed by atoms with E-state index in [0.717, 1.165) is 36.5 Å². The number of nitrogens with zero attached hydrogens (tertiary/aromatic N) is 2. The number of aromatic nitrogens is 2. The molecule has 112 valence electrons. The summed E-state index contributed by atoms with van der Waals surface area (Å²) in [6.07, 6.45) is 1.94. The fourth-order valence-corrected chi connectivity index (χ4v) is 2.09. The fraction of sp³-hybridized carbons (Fsp3) is 0.412. The van der Waals surface area contributed by atoms with Gasteiger partial charge in [-0.05, 0) is 43.0 Å². The predicted molar refractivity (Wildman–Crippen MR) is 84.7 cm³/mol. The molecule has 0 unspecified atom stereocenters. The van der Waals surface area contributed by atoms with Gasteiger partial charge in [0.2, 0.25) is 0 Å². The molecule has 0 bridgehead atoms. The smallest absolute Gasteiger partial charge is 0.161 e. The molecular formula is C17H22FN3. The lowest BCUT2D eigenvalue weighted by Gasteiger charge is -2.11. The van der Waals surface area contributed by atoms with E-state index in [9.17, 15) is 4.39 Å². The maximum Gasteiger partial charge on any atom is 0.161 e. The summed E-state index contributed by atoms with van der Waals surface area (Å²) >= 11 is 0. The SMILES string of the molecule is CCCNc1cc(CC(C)C)nc(-c2ccc(F)cc2)n1. The third kappa shape index (κ3) is 4.52. The second-order valence-electron chi connectivity index (χ2n) is 5.60. The van der Waals surface area contributed by atoms with Gasteiger partial charge >= 0.3 is 0 Å². The van der Waals surface area contributed by atoms with Gasteiger partial charge in [-0.15, -0.1) is 0 Å². The van der Waals surface area contributed by atoms with Crippen molar-refractivity contribution in [2.24, 2.45) is 5.92 Å². The minimum Gasteiger partial charge on any atom is -0.370 e. The van der Waals surface area contributed by atoms with Crippen molar-refractivity contribution < 1.29 is 4.39 Å². The van der Waals surface area contributed by atoms with Crippen LogP contribution in [0, 0.1) is 11.7 Å². The molecule has 0 fully saturated rings. The number of rotatable bonds is 6. The van der Waals surface area contributed by atoms with E-state index in [2.05, 4.69) is 36.1 Å². The molecule has 0 radical (unpaired) electrons. The van der Waals surface area contributed by atoms with Gasteiger partial charge in [0.15, 0.2) is 5.82 Å². The van der Waals surface area contributed by atoms with E-state index in [1.54, 1.807) is 12.1 Å². The van der Waals surface area contributed by atoms with Crippen molar-refractivity contribution in [2.45, 2.75) is 33.6 Å². The lowest BCUT2D eigenvalue weighted by atomic mass is 10.1. The predicted octanol–water partition coefficient (Wildman–Crippen LogP) is 4.30. The average molecular weight is 287 g/mol. The zero-order valence-corrected chi connectivity index (χ0v) is 12.9. The Morgan fingerprint density at radius 2 is 1.86 bits per heavy atom. The van der Waals surface area contributed by atoms with Gasteiger partial charge in [-0.2, -0.15) is 0 Å². The van der Waals surface area contributed by atoms with Crippen LogP contribution >= 0.6 is 0 Å². The normalized spacial score (nSPS) is 10.9. The van der Waals surface area contributed by atoms with E-state index in [1.165, 1.54) is 12.1 Å². The Kier molecular flexibility index (Phi) is 5.26. The Hall–Kier alpha value is -1.97. The van der Waals surface area contributed by atoms with Crippen molar-refractivity contribution >= 4 is 5.82 Å². The second-order valence-corrected chi connectivity index (χ2v) is 5.60. The van der Waals surface area contributed by atoms with Gasteiger partial charge in [0.25, 0.3) is 0 Å². The van der Waals surface area contributed by atoms with Crippen molar-refractivity contribution in [1.29, 1.82) is 0 Å². The molecule has 0 aliphatic carbocycles. The average Bonchev–Trinajstić information content (AvgIpc) is 2.45. The first-order chi connectivity index (χ1) is 10.1. The van der Waals surface area contributed by atoms with Crippen molar-refractivity contribution in [3.63, 3.8) is 0 Å². The van der Waals surface area contributed by atoms with Gasteiger partial charge in [-0.3, -0.25) is 0 Å². The monoisotopic (exact) mass is 287 g/mol. The standard InChI is InChI=1S/C17H22FN3/c1-4-9-19-16-11-15(10-12(2)3)20-17(21-16)13-5-7-14(18)8-6-13/h5-8,11-12H,4,9-10H2,1-3H3,(H,19,20,21). The van der Waals surface area contributed by atoms with Crippen LogP contribution in [-0.4, -0.2) is 16.5 Å². The van der Waals surface area contributed by atoms with Gasteiger partial charge in [0.1, 0.15) is 11.6 Å². The second kappa shape index (κ2) is 7.16. The van der Waals surface area contributed by atoms with Crippen LogP contribution in [-0.2, 0) is 6.42 Å². The summed E-state index contributed by atoms with van der Waals surface area (Å²) in [7, 11) is 0. The molecule has 0 amide bonds. The lowest BCUT2D eigenvalue weighted by molar-refractivity contribution is 0.628. The minimum absolute atomic E-state index is 0.249. The largest absolute Gasteiger partial charge is 0.370 e. The van der Waals surface area contributed by atoms with E-state index in [1.807, 2.05) is 6.07 Å². The molecule has 0 aliphatic rings. The van der Waals surface area contributed by atoms with E-state index < -0.39 is 0 Å². The molecule has 1 heterocycles. The maximum absolute atomic E-state index is 13.0. The first-order valence-corrected chi connectivity index (χ1v) is 7.46. The van der Waals surface area contributed by atoms with Crippen LogP contribution in [0.5, 0.6) is 0 Å². The summed E-state index contributed by atoms with van der Waals surface area (Å²) in [6.45, 7) is 7.32. The summed E-state index contributed by atoms with van der Waals surface area (Å²) in [6, 6.07) is 8.31. The molecule has 1 aromatic heterocycles. The molecule has 21 heavy (non-hydrogen) atoms. The van der Waals surface area contributed by atoms with Crippen LogP contribution < -0.4 is 5.32 Å². The first kappa shape index (κ1) is 15.4. The van der Waals surface area contributed by atoms with Crippen molar-refractivity contribution in [3.05, 3.63) is 41.8 Å². The Bertz CT molecular complexity index is 579. The maximum atomic E-state index is 13.0. The lowest BCUT2D eigenvalue weighted by Crippen LogP contribution is -2.07. The summed E-state index contributed by atoms with van der Waals surface area (Å²) < 4.78 is 13.0. The molecule has 0 saturated heterocycles. The Labute approximate surface area is 125 Å². The Morgan fingerprint density at radius 3 is 2.48 bits per heavy atom. The molecule has 4 heteroatoms. The zero-order chi connectivity index (χ0) is 15.2. The summed E-state index contributed by atoms with van der Waals surface area (Å²) in [4.78, 5) is 9.14. The van der Waals surface area contributed by atoms with Gasteiger partial charge in [-0.25, -0.2) is 14.4 Å². The van der Waals surface area contributed by atoms with Crippen LogP contribution in [0.15, 0.2) is 30.3 Å². The zero-order valence-electron chi connectivity index (χ0n) is 12.9. The molecular weight excluding hydrogens is 265 g/mol. The molecule has 2 aromatic rings. The van der Waals surface area contributed by atoms with E-state index >= 15 is 0 Å². The number of nitrogens with one attached hydrogen (secondary N) is 1. The molecule has 0 saturated carbocycles. The molecule has 3 nitrogen and oxygen atoms in total. The molecule has 0 atom stereocenters. The van der Waals surface area contributed by atoms with Crippen LogP contribution in [0.2, 0.25) is 0 Å². The van der Waals surface area contributed by atoms with Crippen molar-refractivity contribution in [1.82, 2.24) is 9.97 Å². The van der Waals surface area contributed by atoms with E-state index in [4.69, 9.17) is 0 Å². The summed E-state index contributed by atoms with van der Waals surface area (Å²) in [5.41, 5.74) is 1.85. The van der Waals surface area contributed by atoms with Crippen LogP contribution in [0.4, 0.5) is 10.2 Å². The fourth-order valence-electron chi connectivity index (χ4n) is 2.09. The third-order valence-electron chi connectivity index (χ3n) is 3.06. The molecule has 0 aliphatic heterocycles. The van der Waals surface area contributed by atoms with Crippen molar-refractivity contribution in [2.75, 3.05) is 11.9 Å². The topological polar surface area (TPSA) is 37.8 Å². The van der Waals surface area contributed by atoms with E-state index in [0.29, 0.717) is 11.7 Å². The molecule has 1 N–H and O–H groups in total. The Morgan fingerprint density at radius 1 is 1.14 bits per heavy atom. The van der Waals surface area contributed by atoms with Gasteiger partial charge in [-0.1, -0.05) is 20.8 Å². The highest BCUT2D eigenvalue weighted by molar-refractivity contribution is 5.57. The number of anilines is 1. The van der Waals surface area contributed by atoms with Gasteiger partial charge in [0.05, 0.1) is 0 Å². The highest BCUT2D eigenvalue weighted by Crippen LogP contribution is 2.20. The minimum atomic E-state index is -0.249. The van der Waals surface area contributed by atoms with Crippen molar-refractivity contribution in [3.8, 4) is 11.4 Å².